The Balaban J connectivity index is 1.48. The molecule has 1 unspecified atom stereocenters. The van der Waals surface area contributed by atoms with Gasteiger partial charge in [-0.2, -0.15) is 0 Å². The molecule has 4 aliphatic heterocycles. The van der Waals surface area contributed by atoms with Crippen molar-refractivity contribution in [1.29, 1.82) is 0 Å². The lowest BCUT2D eigenvalue weighted by molar-refractivity contribution is -0.136. The summed E-state index contributed by atoms with van der Waals surface area (Å²) in [6.07, 6.45) is 0.626. The zero-order valence-electron chi connectivity index (χ0n) is 14.3. The van der Waals surface area contributed by atoms with Crippen molar-refractivity contribution >= 4 is 23.4 Å². The fraction of sp³-hybridized carbons (Fsp3) is 0.500. The quantitative estimate of drug-likeness (QED) is 0.667. The van der Waals surface area contributed by atoms with Crippen LogP contribution in [0.5, 0.6) is 5.75 Å². The molecule has 5 rings (SSSR count). The molecule has 8 heteroatoms. The molecule has 2 saturated heterocycles. The van der Waals surface area contributed by atoms with E-state index < -0.39 is 6.04 Å². The van der Waals surface area contributed by atoms with Crippen molar-refractivity contribution in [3.8, 4) is 5.75 Å². The van der Waals surface area contributed by atoms with Gasteiger partial charge in [0.15, 0.2) is 0 Å². The normalized spacial score (nSPS) is 27.5. The summed E-state index contributed by atoms with van der Waals surface area (Å²) in [6, 6.07) is 3.50. The number of amides is 3. The van der Waals surface area contributed by atoms with Crippen LogP contribution in [0.4, 0.5) is 5.69 Å². The Kier molecular flexibility index (Phi) is 3.43. The van der Waals surface area contributed by atoms with Gasteiger partial charge in [0.05, 0.1) is 18.3 Å². The van der Waals surface area contributed by atoms with E-state index in [0.717, 1.165) is 36.6 Å². The Morgan fingerprint density at radius 2 is 2.04 bits per heavy atom. The highest BCUT2D eigenvalue weighted by Crippen LogP contribution is 2.43. The van der Waals surface area contributed by atoms with Crippen LogP contribution in [0, 0.1) is 0 Å². The fourth-order valence-electron chi connectivity index (χ4n) is 4.39. The van der Waals surface area contributed by atoms with E-state index in [9.17, 15) is 14.4 Å². The van der Waals surface area contributed by atoms with E-state index in [0.29, 0.717) is 31.2 Å². The maximum absolute atomic E-state index is 12.9. The molecule has 0 spiro atoms. The summed E-state index contributed by atoms with van der Waals surface area (Å²) in [5.41, 5.74) is 2.48. The summed E-state index contributed by atoms with van der Waals surface area (Å²) in [6.45, 7) is 3.65. The first-order chi connectivity index (χ1) is 12.6. The van der Waals surface area contributed by atoms with Crippen LogP contribution in [0.25, 0.3) is 0 Å². The summed E-state index contributed by atoms with van der Waals surface area (Å²) >= 11 is 0. The van der Waals surface area contributed by atoms with Gasteiger partial charge >= 0.3 is 0 Å². The van der Waals surface area contributed by atoms with Gasteiger partial charge in [-0.05, 0) is 18.6 Å². The molecule has 0 radical (unpaired) electrons. The monoisotopic (exact) mass is 356 g/mol. The van der Waals surface area contributed by atoms with Crippen LogP contribution in [-0.2, 0) is 16.1 Å². The van der Waals surface area contributed by atoms with Gasteiger partial charge in [-0.25, -0.2) is 0 Å². The number of carbonyl (C=O) groups excluding carboxylic acids is 3. The number of piperidine rings is 1. The molecule has 0 saturated carbocycles. The number of imide groups is 1. The lowest BCUT2D eigenvalue weighted by Crippen LogP contribution is -2.55. The predicted octanol–water partition coefficient (Wildman–Crippen LogP) is -0.382. The molecule has 0 aromatic heterocycles. The van der Waals surface area contributed by atoms with Crippen LogP contribution in [0.1, 0.15) is 28.8 Å². The zero-order valence-corrected chi connectivity index (χ0v) is 14.3. The number of piperazine rings is 1. The second-order valence-corrected chi connectivity index (χ2v) is 7.20. The molecule has 4 heterocycles. The van der Waals surface area contributed by atoms with Gasteiger partial charge in [0.2, 0.25) is 11.8 Å². The number of nitrogens with zero attached hydrogens (tertiary/aromatic N) is 2. The fourth-order valence-corrected chi connectivity index (χ4v) is 4.39. The molecule has 8 nitrogen and oxygen atoms in total. The minimum atomic E-state index is -0.598. The molecule has 26 heavy (non-hydrogen) atoms. The molecule has 2 N–H and O–H groups in total. The van der Waals surface area contributed by atoms with Gasteiger partial charge in [0.25, 0.3) is 5.91 Å². The molecule has 4 aliphatic rings. The lowest BCUT2D eigenvalue weighted by Gasteiger charge is -2.42. The third-order valence-electron chi connectivity index (χ3n) is 5.73. The van der Waals surface area contributed by atoms with E-state index in [4.69, 9.17) is 4.74 Å². The van der Waals surface area contributed by atoms with Crippen LogP contribution in [0.15, 0.2) is 12.1 Å². The molecular weight excluding hydrogens is 336 g/mol. The zero-order chi connectivity index (χ0) is 17.8. The second-order valence-electron chi connectivity index (χ2n) is 7.20. The summed E-state index contributed by atoms with van der Waals surface area (Å²) in [5.74, 6) is -0.0626. The Morgan fingerprint density at radius 1 is 1.15 bits per heavy atom. The summed E-state index contributed by atoms with van der Waals surface area (Å²) in [7, 11) is 0. The van der Waals surface area contributed by atoms with Crippen molar-refractivity contribution in [1.82, 2.24) is 15.5 Å². The van der Waals surface area contributed by atoms with Crippen LogP contribution in [0.3, 0.4) is 0 Å². The minimum Gasteiger partial charge on any atom is -0.489 e. The van der Waals surface area contributed by atoms with Gasteiger partial charge in [-0.15, -0.1) is 0 Å². The first kappa shape index (κ1) is 15.6. The highest BCUT2D eigenvalue weighted by molar-refractivity contribution is 6.06. The number of hydrogen-bond acceptors (Lipinski definition) is 6. The summed E-state index contributed by atoms with van der Waals surface area (Å²) in [4.78, 5) is 40.4. The molecule has 2 atom stereocenters. The lowest BCUT2D eigenvalue weighted by atomic mass is 10.0. The van der Waals surface area contributed by atoms with Gasteiger partial charge < -0.3 is 19.9 Å². The predicted molar refractivity (Wildman–Crippen MR) is 92.0 cm³/mol. The standard InChI is InChI=1S/C18H20N4O4/c23-15-4-3-14(17(24)20-15)22-8-12-11(18(22)25)1-2-13-16(12)26-9-10-7-19-5-6-21(10)13/h1-2,10,14,19H,3-9H2,(H,20,23,24)/t10-,14?/m0/s1. The van der Waals surface area contributed by atoms with Gasteiger partial charge in [0, 0.05) is 37.2 Å². The maximum atomic E-state index is 12.9. The van der Waals surface area contributed by atoms with Gasteiger partial charge in [-0.3, -0.25) is 19.7 Å². The summed E-state index contributed by atoms with van der Waals surface area (Å²) < 4.78 is 6.05. The molecule has 0 aliphatic carbocycles. The van der Waals surface area contributed by atoms with Crippen molar-refractivity contribution in [2.24, 2.45) is 0 Å². The van der Waals surface area contributed by atoms with E-state index in [1.54, 1.807) is 4.90 Å². The molecule has 136 valence electrons. The third-order valence-corrected chi connectivity index (χ3v) is 5.73. The van der Waals surface area contributed by atoms with E-state index in [1.807, 2.05) is 12.1 Å². The average Bonchev–Trinajstić information content (AvgIpc) is 2.98. The van der Waals surface area contributed by atoms with Crippen molar-refractivity contribution in [3.05, 3.63) is 23.3 Å². The Hall–Kier alpha value is -2.61. The van der Waals surface area contributed by atoms with Gasteiger partial charge in [0.1, 0.15) is 18.4 Å². The Labute approximate surface area is 150 Å². The first-order valence-corrected chi connectivity index (χ1v) is 9.04. The molecule has 1 aromatic rings. The number of ether oxygens (including phenoxy) is 1. The van der Waals surface area contributed by atoms with Crippen molar-refractivity contribution in [3.63, 3.8) is 0 Å². The SMILES string of the molecule is O=C1CCC(N2Cc3c(ccc4c3OC[C@@H]3CNCCN43)C2=O)C(=O)N1. The topological polar surface area (TPSA) is 91.0 Å². The highest BCUT2D eigenvalue weighted by atomic mass is 16.5. The minimum absolute atomic E-state index is 0.164. The average molecular weight is 356 g/mol. The van der Waals surface area contributed by atoms with Gasteiger partial charge in [-0.1, -0.05) is 0 Å². The highest BCUT2D eigenvalue weighted by Gasteiger charge is 2.42. The van der Waals surface area contributed by atoms with E-state index in [2.05, 4.69) is 15.5 Å². The summed E-state index contributed by atoms with van der Waals surface area (Å²) in [5, 5.41) is 5.71. The second kappa shape index (κ2) is 5.70. The third kappa shape index (κ3) is 2.21. The Morgan fingerprint density at radius 3 is 2.88 bits per heavy atom. The molecule has 2 fully saturated rings. The smallest absolute Gasteiger partial charge is 0.255 e. The number of nitrogens with one attached hydrogen (secondary N) is 2. The van der Waals surface area contributed by atoms with E-state index in [-0.39, 0.29) is 24.1 Å². The van der Waals surface area contributed by atoms with E-state index >= 15 is 0 Å². The number of hydrogen-bond donors (Lipinski definition) is 2. The van der Waals surface area contributed by atoms with Crippen molar-refractivity contribution in [2.45, 2.75) is 31.5 Å². The van der Waals surface area contributed by atoms with Crippen molar-refractivity contribution < 1.29 is 19.1 Å². The van der Waals surface area contributed by atoms with Crippen LogP contribution in [0.2, 0.25) is 0 Å². The van der Waals surface area contributed by atoms with E-state index in [1.165, 1.54) is 0 Å². The number of fused-ring (bicyclic) bond motifs is 5. The number of carbonyl (C=O) groups is 3. The van der Waals surface area contributed by atoms with Crippen LogP contribution in [-0.4, -0.2) is 60.9 Å². The molecule has 3 amide bonds. The molecule has 0 bridgehead atoms. The molecule has 1 aromatic carbocycles. The first-order valence-electron chi connectivity index (χ1n) is 9.04. The maximum Gasteiger partial charge on any atom is 0.255 e. The molecular formula is C18H20N4O4. The Bertz CT molecular complexity index is 824. The van der Waals surface area contributed by atoms with Crippen LogP contribution < -0.4 is 20.3 Å². The van der Waals surface area contributed by atoms with Crippen LogP contribution >= 0.6 is 0 Å². The van der Waals surface area contributed by atoms with Crippen molar-refractivity contribution in [2.75, 3.05) is 31.1 Å². The number of benzene rings is 1. The largest absolute Gasteiger partial charge is 0.489 e. The number of anilines is 1. The number of rotatable bonds is 1.